The predicted octanol–water partition coefficient (Wildman–Crippen LogP) is 2.55. The van der Waals surface area contributed by atoms with Gasteiger partial charge in [0.25, 0.3) is 0 Å². The Balaban J connectivity index is 2.27. The van der Waals surface area contributed by atoms with Crippen LogP contribution in [0.4, 0.5) is 0 Å². The first-order valence-electron chi connectivity index (χ1n) is 6.36. The third kappa shape index (κ3) is 6.89. The van der Waals surface area contributed by atoms with Gasteiger partial charge in [0.05, 0.1) is 13.2 Å². The van der Waals surface area contributed by atoms with Crippen molar-refractivity contribution in [3.63, 3.8) is 0 Å². The van der Waals surface area contributed by atoms with E-state index in [0.29, 0.717) is 0 Å². The molecule has 0 saturated carbocycles. The highest BCUT2D eigenvalue weighted by atomic mass is 32.2. The molecule has 0 amide bonds. The maximum Gasteiger partial charge on any atom is 0.119 e. The Kier molecular flexibility index (Phi) is 8.73. The van der Waals surface area contributed by atoms with Gasteiger partial charge >= 0.3 is 0 Å². The molecule has 4 heteroatoms. The minimum atomic E-state index is 0.741. The molecule has 0 radical (unpaired) electrons. The smallest absolute Gasteiger partial charge is 0.119 e. The van der Waals surface area contributed by atoms with E-state index in [4.69, 9.17) is 9.47 Å². The highest BCUT2D eigenvalue weighted by Crippen LogP contribution is 2.13. The molecule has 0 spiro atoms. The van der Waals surface area contributed by atoms with E-state index < -0.39 is 0 Å². The molecule has 0 unspecified atom stereocenters. The van der Waals surface area contributed by atoms with Crippen molar-refractivity contribution < 1.29 is 9.47 Å². The fourth-order valence-electron chi connectivity index (χ4n) is 1.51. The SMILES string of the molecule is CCSCCOc1cccc(CNCCOC)c1. The normalized spacial score (nSPS) is 10.6. The second-order valence-corrected chi connectivity index (χ2v) is 5.26. The molecule has 0 aliphatic carbocycles. The van der Waals surface area contributed by atoms with E-state index in [2.05, 4.69) is 24.4 Å². The van der Waals surface area contributed by atoms with Gasteiger partial charge in [-0.3, -0.25) is 0 Å². The Labute approximate surface area is 114 Å². The summed E-state index contributed by atoms with van der Waals surface area (Å²) in [6.45, 7) is 5.40. The van der Waals surface area contributed by atoms with Crippen molar-refractivity contribution in [2.75, 3.05) is 38.4 Å². The summed E-state index contributed by atoms with van der Waals surface area (Å²) in [4.78, 5) is 0. The van der Waals surface area contributed by atoms with Crippen LogP contribution in [0.2, 0.25) is 0 Å². The van der Waals surface area contributed by atoms with Crippen LogP contribution in [0.1, 0.15) is 12.5 Å². The van der Waals surface area contributed by atoms with Gasteiger partial charge in [-0.25, -0.2) is 0 Å². The van der Waals surface area contributed by atoms with Crippen molar-refractivity contribution in [2.24, 2.45) is 0 Å². The summed E-state index contributed by atoms with van der Waals surface area (Å²) in [5.41, 5.74) is 1.24. The van der Waals surface area contributed by atoms with E-state index >= 15 is 0 Å². The quantitative estimate of drug-likeness (QED) is 0.661. The van der Waals surface area contributed by atoms with Crippen LogP contribution in [0, 0.1) is 0 Å². The number of thioether (sulfide) groups is 1. The zero-order valence-electron chi connectivity index (χ0n) is 11.3. The van der Waals surface area contributed by atoms with E-state index in [9.17, 15) is 0 Å². The Morgan fingerprint density at radius 1 is 1.28 bits per heavy atom. The first-order chi connectivity index (χ1) is 8.86. The molecule has 0 fully saturated rings. The zero-order chi connectivity index (χ0) is 13.1. The van der Waals surface area contributed by atoms with Crippen molar-refractivity contribution in [3.8, 4) is 5.75 Å². The maximum atomic E-state index is 5.70. The Hall–Kier alpha value is -0.710. The standard InChI is InChI=1S/C14H23NO2S/c1-3-18-10-9-17-14-6-4-5-13(11-14)12-15-7-8-16-2/h4-6,11,15H,3,7-10,12H2,1-2H3. The molecule has 102 valence electrons. The molecule has 1 rings (SSSR count). The van der Waals surface area contributed by atoms with Gasteiger partial charge in [0.1, 0.15) is 5.75 Å². The van der Waals surface area contributed by atoms with Gasteiger partial charge in [-0.2, -0.15) is 11.8 Å². The summed E-state index contributed by atoms with van der Waals surface area (Å²) in [6.07, 6.45) is 0. The van der Waals surface area contributed by atoms with E-state index in [0.717, 1.165) is 43.6 Å². The Morgan fingerprint density at radius 3 is 2.94 bits per heavy atom. The van der Waals surface area contributed by atoms with Crippen LogP contribution in [0.5, 0.6) is 5.75 Å². The number of hydrogen-bond donors (Lipinski definition) is 1. The van der Waals surface area contributed by atoms with Crippen LogP contribution < -0.4 is 10.1 Å². The van der Waals surface area contributed by atoms with Gasteiger partial charge in [0, 0.05) is 26.0 Å². The molecule has 1 N–H and O–H groups in total. The van der Waals surface area contributed by atoms with Gasteiger partial charge in [0.2, 0.25) is 0 Å². The van der Waals surface area contributed by atoms with Crippen LogP contribution in [-0.2, 0) is 11.3 Å². The Morgan fingerprint density at radius 2 is 2.17 bits per heavy atom. The average molecular weight is 269 g/mol. The molecule has 0 aromatic heterocycles. The molecule has 0 bridgehead atoms. The van der Waals surface area contributed by atoms with Gasteiger partial charge in [-0.1, -0.05) is 19.1 Å². The van der Waals surface area contributed by atoms with Crippen molar-refractivity contribution in [3.05, 3.63) is 29.8 Å². The molecule has 0 aliphatic heterocycles. The molecular weight excluding hydrogens is 246 g/mol. The zero-order valence-corrected chi connectivity index (χ0v) is 12.1. The number of benzene rings is 1. The third-order valence-electron chi connectivity index (χ3n) is 2.41. The predicted molar refractivity (Wildman–Crippen MR) is 78.5 cm³/mol. The average Bonchev–Trinajstić information content (AvgIpc) is 2.40. The van der Waals surface area contributed by atoms with E-state index in [-0.39, 0.29) is 0 Å². The lowest BCUT2D eigenvalue weighted by atomic mass is 10.2. The monoisotopic (exact) mass is 269 g/mol. The van der Waals surface area contributed by atoms with Crippen LogP contribution in [0.15, 0.2) is 24.3 Å². The summed E-state index contributed by atoms with van der Waals surface area (Å²) in [5.74, 6) is 3.15. The summed E-state index contributed by atoms with van der Waals surface area (Å²) < 4.78 is 10.7. The van der Waals surface area contributed by atoms with Gasteiger partial charge in [-0.15, -0.1) is 0 Å². The molecular formula is C14H23NO2S. The van der Waals surface area contributed by atoms with Crippen LogP contribution >= 0.6 is 11.8 Å². The minimum absolute atomic E-state index is 0.741. The summed E-state index contributed by atoms with van der Waals surface area (Å²) in [5, 5.41) is 3.32. The molecule has 0 heterocycles. The second kappa shape index (κ2) is 10.2. The Bertz CT molecular complexity index is 293. The summed E-state index contributed by atoms with van der Waals surface area (Å²) in [6, 6.07) is 8.24. The van der Waals surface area contributed by atoms with Crippen molar-refractivity contribution >= 4 is 11.8 Å². The van der Waals surface area contributed by atoms with Crippen molar-refractivity contribution in [1.29, 1.82) is 0 Å². The van der Waals surface area contributed by atoms with Crippen molar-refractivity contribution in [2.45, 2.75) is 13.5 Å². The fourth-order valence-corrected chi connectivity index (χ4v) is 2.00. The van der Waals surface area contributed by atoms with Gasteiger partial charge < -0.3 is 14.8 Å². The topological polar surface area (TPSA) is 30.5 Å². The number of ether oxygens (including phenoxy) is 2. The first-order valence-corrected chi connectivity index (χ1v) is 7.51. The number of hydrogen-bond acceptors (Lipinski definition) is 4. The lowest BCUT2D eigenvalue weighted by molar-refractivity contribution is 0.199. The van der Waals surface area contributed by atoms with Crippen LogP contribution in [0.25, 0.3) is 0 Å². The van der Waals surface area contributed by atoms with Gasteiger partial charge in [-0.05, 0) is 23.4 Å². The van der Waals surface area contributed by atoms with Crippen LogP contribution in [0.3, 0.4) is 0 Å². The molecule has 3 nitrogen and oxygen atoms in total. The summed E-state index contributed by atoms with van der Waals surface area (Å²) in [7, 11) is 1.71. The number of rotatable bonds is 10. The highest BCUT2D eigenvalue weighted by molar-refractivity contribution is 7.99. The molecule has 0 atom stereocenters. The molecule has 1 aromatic rings. The van der Waals surface area contributed by atoms with E-state index in [1.165, 1.54) is 5.56 Å². The molecule has 18 heavy (non-hydrogen) atoms. The van der Waals surface area contributed by atoms with E-state index in [1.807, 2.05) is 23.9 Å². The lowest BCUT2D eigenvalue weighted by Crippen LogP contribution is -2.18. The maximum absolute atomic E-state index is 5.70. The van der Waals surface area contributed by atoms with Gasteiger partial charge in [0.15, 0.2) is 0 Å². The highest BCUT2D eigenvalue weighted by Gasteiger charge is 1.97. The minimum Gasteiger partial charge on any atom is -0.493 e. The van der Waals surface area contributed by atoms with Crippen molar-refractivity contribution in [1.82, 2.24) is 5.32 Å². The van der Waals surface area contributed by atoms with E-state index in [1.54, 1.807) is 7.11 Å². The van der Waals surface area contributed by atoms with Crippen LogP contribution in [-0.4, -0.2) is 38.4 Å². The first kappa shape index (κ1) is 15.3. The second-order valence-electron chi connectivity index (χ2n) is 3.86. The summed E-state index contributed by atoms with van der Waals surface area (Å²) >= 11 is 1.90. The molecule has 0 saturated heterocycles. The largest absolute Gasteiger partial charge is 0.493 e. The molecule has 1 aromatic carbocycles. The number of methoxy groups -OCH3 is 1. The number of nitrogens with one attached hydrogen (secondary N) is 1. The fraction of sp³-hybridized carbons (Fsp3) is 0.571. The third-order valence-corrected chi connectivity index (χ3v) is 3.27. The molecule has 0 aliphatic rings. The lowest BCUT2D eigenvalue weighted by Gasteiger charge is -2.08.